The molecule has 0 radical (unpaired) electrons. The fourth-order valence-corrected chi connectivity index (χ4v) is 0.906. The number of nitriles is 1. The Morgan fingerprint density at radius 3 is 2.58 bits per heavy atom. The fraction of sp³-hybridized carbons (Fsp3) is 0.545. The van der Waals surface area contributed by atoms with Crippen molar-refractivity contribution >= 4 is 0 Å². The summed E-state index contributed by atoms with van der Waals surface area (Å²) in [6, 6.07) is 2.09. The Balaban J connectivity index is 3.74. The van der Waals surface area contributed by atoms with Gasteiger partial charge in [0.2, 0.25) is 0 Å². The highest BCUT2D eigenvalue weighted by Gasteiger charge is 2.03. The van der Waals surface area contributed by atoms with Gasteiger partial charge in [-0.05, 0) is 32.6 Å². The fourth-order valence-electron chi connectivity index (χ4n) is 0.906. The van der Waals surface area contributed by atoms with E-state index in [1.54, 1.807) is 0 Å². The minimum absolute atomic E-state index is 0.325. The van der Waals surface area contributed by atoms with Crippen LogP contribution in [-0.2, 0) is 0 Å². The highest BCUT2D eigenvalue weighted by atomic mass is 14.3. The molecule has 0 spiro atoms. The van der Waals surface area contributed by atoms with Gasteiger partial charge in [-0.3, -0.25) is 0 Å². The van der Waals surface area contributed by atoms with Crippen molar-refractivity contribution in [2.45, 2.75) is 33.6 Å². The van der Waals surface area contributed by atoms with E-state index < -0.39 is 0 Å². The molecule has 0 saturated heterocycles. The van der Waals surface area contributed by atoms with Crippen molar-refractivity contribution in [2.75, 3.05) is 0 Å². The van der Waals surface area contributed by atoms with E-state index in [-0.39, 0.29) is 0 Å². The summed E-state index contributed by atoms with van der Waals surface area (Å²) in [6.45, 7) is 9.91. The lowest BCUT2D eigenvalue weighted by molar-refractivity contribution is 0.637. The lowest BCUT2D eigenvalue weighted by Crippen LogP contribution is -1.95. The second-order valence-corrected chi connectivity index (χ2v) is 3.40. The van der Waals surface area contributed by atoms with Gasteiger partial charge in [0.25, 0.3) is 0 Å². The van der Waals surface area contributed by atoms with E-state index in [1.807, 2.05) is 6.92 Å². The smallest absolute Gasteiger partial charge is 0.0943 e. The number of hydrogen-bond donors (Lipinski definition) is 0. The first kappa shape index (κ1) is 11.0. The summed E-state index contributed by atoms with van der Waals surface area (Å²) in [5, 5.41) is 8.55. The molecular weight excluding hydrogens is 146 g/mol. The molecule has 0 N–H and O–H groups in total. The normalized spacial score (nSPS) is 11.5. The van der Waals surface area contributed by atoms with E-state index in [2.05, 4.69) is 32.6 Å². The Morgan fingerprint density at radius 2 is 2.17 bits per heavy atom. The van der Waals surface area contributed by atoms with Crippen LogP contribution in [0.3, 0.4) is 0 Å². The third-order valence-electron chi connectivity index (χ3n) is 1.89. The lowest BCUT2D eigenvalue weighted by atomic mass is 9.98. The van der Waals surface area contributed by atoms with Gasteiger partial charge in [0.1, 0.15) is 0 Å². The monoisotopic (exact) mass is 163 g/mol. The van der Waals surface area contributed by atoms with E-state index in [4.69, 9.17) is 5.26 Å². The quantitative estimate of drug-likeness (QED) is 0.460. The van der Waals surface area contributed by atoms with Gasteiger partial charge in [-0.2, -0.15) is 5.26 Å². The average Bonchev–Trinajstić information content (AvgIpc) is 2.02. The van der Waals surface area contributed by atoms with Crippen LogP contribution in [0.5, 0.6) is 0 Å². The third kappa shape index (κ3) is 4.73. The van der Waals surface area contributed by atoms with Crippen LogP contribution >= 0.6 is 0 Å². The van der Waals surface area contributed by atoms with Gasteiger partial charge in [0.05, 0.1) is 6.07 Å². The van der Waals surface area contributed by atoms with E-state index in [1.165, 1.54) is 5.57 Å². The maximum atomic E-state index is 8.55. The Kier molecular flexibility index (Phi) is 5.12. The molecule has 12 heavy (non-hydrogen) atoms. The summed E-state index contributed by atoms with van der Waals surface area (Å²) in [5.41, 5.74) is 2.03. The number of allylic oxidation sites excluding steroid dienone is 3. The summed E-state index contributed by atoms with van der Waals surface area (Å²) in [7, 11) is 0. The van der Waals surface area contributed by atoms with Gasteiger partial charge in [-0.25, -0.2) is 0 Å². The zero-order valence-corrected chi connectivity index (χ0v) is 8.22. The summed E-state index contributed by atoms with van der Waals surface area (Å²) in [4.78, 5) is 0. The molecule has 0 aromatic carbocycles. The zero-order valence-electron chi connectivity index (χ0n) is 8.22. The van der Waals surface area contributed by atoms with E-state index in [0.717, 1.165) is 12.8 Å². The van der Waals surface area contributed by atoms with Gasteiger partial charge < -0.3 is 0 Å². The van der Waals surface area contributed by atoms with Crippen LogP contribution in [0.2, 0.25) is 0 Å². The summed E-state index contributed by atoms with van der Waals surface area (Å²) in [6.07, 6.45) is 4.27. The van der Waals surface area contributed by atoms with Crippen molar-refractivity contribution < 1.29 is 0 Å². The summed E-state index contributed by atoms with van der Waals surface area (Å²) in [5.74, 6) is 0.325. The van der Waals surface area contributed by atoms with Gasteiger partial charge in [-0.1, -0.05) is 25.2 Å². The van der Waals surface area contributed by atoms with Crippen molar-refractivity contribution in [3.05, 3.63) is 23.8 Å². The lowest BCUT2D eigenvalue weighted by Gasteiger charge is -2.06. The first-order valence-corrected chi connectivity index (χ1v) is 4.30. The minimum Gasteiger partial charge on any atom is -0.193 e. The maximum Gasteiger partial charge on any atom is 0.0943 e. The van der Waals surface area contributed by atoms with Crippen LogP contribution in [0.1, 0.15) is 33.6 Å². The highest BCUT2D eigenvalue weighted by molar-refractivity contribution is 5.18. The molecule has 0 aromatic heterocycles. The van der Waals surface area contributed by atoms with E-state index in [9.17, 15) is 0 Å². The molecule has 0 aliphatic carbocycles. The van der Waals surface area contributed by atoms with Crippen molar-refractivity contribution in [3.63, 3.8) is 0 Å². The number of rotatable bonds is 4. The summed E-state index contributed by atoms with van der Waals surface area (Å²) >= 11 is 0. The molecule has 0 bridgehead atoms. The Bertz CT molecular complexity index is 214. The predicted molar refractivity (Wildman–Crippen MR) is 52.6 cm³/mol. The zero-order chi connectivity index (χ0) is 9.56. The molecule has 1 heteroatoms. The van der Waals surface area contributed by atoms with Crippen molar-refractivity contribution in [3.8, 4) is 6.07 Å². The van der Waals surface area contributed by atoms with Gasteiger partial charge >= 0.3 is 0 Å². The predicted octanol–water partition coefficient (Wildman–Crippen LogP) is 3.45. The Labute approximate surface area is 75.4 Å². The second-order valence-electron chi connectivity index (χ2n) is 3.40. The number of hydrogen-bond acceptors (Lipinski definition) is 1. The molecule has 66 valence electrons. The highest BCUT2D eigenvalue weighted by Crippen LogP contribution is 2.14. The number of nitrogens with zero attached hydrogens (tertiary/aromatic N) is 1. The molecule has 1 atom stereocenters. The van der Waals surface area contributed by atoms with Gasteiger partial charge in [0, 0.05) is 5.57 Å². The van der Waals surface area contributed by atoms with Crippen molar-refractivity contribution in [2.24, 2.45) is 5.92 Å². The molecule has 0 aliphatic heterocycles. The molecule has 0 aromatic rings. The second kappa shape index (κ2) is 5.60. The maximum absolute atomic E-state index is 8.55. The van der Waals surface area contributed by atoms with Gasteiger partial charge in [0.15, 0.2) is 0 Å². The van der Waals surface area contributed by atoms with Crippen molar-refractivity contribution in [1.82, 2.24) is 0 Å². The molecule has 1 unspecified atom stereocenters. The Hall–Kier alpha value is -1.03. The van der Waals surface area contributed by atoms with Crippen LogP contribution in [0, 0.1) is 17.2 Å². The van der Waals surface area contributed by atoms with Crippen LogP contribution in [-0.4, -0.2) is 0 Å². The molecule has 0 saturated carbocycles. The molecule has 1 nitrogen and oxygen atoms in total. The minimum atomic E-state index is 0.325. The van der Waals surface area contributed by atoms with Crippen LogP contribution in [0.15, 0.2) is 23.8 Å². The first-order chi connectivity index (χ1) is 5.57. The standard InChI is InChI=1S/C11H17N/c1-9(2)6-5-7-10(3)11(4)8-12/h6,10H,4-5,7H2,1-3H3. The van der Waals surface area contributed by atoms with Crippen molar-refractivity contribution in [1.29, 1.82) is 5.26 Å². The first-order valence-electron chi connectivity index (χ1n) is 4.30. The largest absolute Gasteiger partial charge is 0.193 e. The van der Waals surface area contributed by atoms with Crippen LogP contribution in [0.25, 0.3) is 0 Å². The third-order valence-corrected chi connectivity index (χ3v) is 1.89. The topological polar surface area (TPSA) is 23.8 Å². The Morgan fingerprint density at radius 1 is 1.58 bits per heavy atom. The van der Waals surface area contributed by atoms with Crippen LogP contribution in [0.4, 0.5) is 0 Å². The van der Waals surface area contributed by atoms with E-state index in [0.29, 0.717) is 11.5 Å². The van der Waals surface area contributed by atoms with Crippen LogP contribution < -0.4 is 0 Å². The molecule has 0 fully saturated rings. The molecule has 0 rings (SSSR count). The average molecular weight is 163 g/mol. The molecule has 0 heterocycles. The summed E-state index contributed by atoms with van der Waals surface area (Å²) < 4.78 is 0. The van der Waals surface area contributed by atoms with E-state index >= 15 is 0 Å². The molecule has 0 amide bonds. The molecule has 0 aliphatic rings. The van der Waals surface area contributed by atoms with Gasteiger partial charge in [-0.15, -0.1) is 0 Å². The SMILES string of the molecule is C=C(C#N)C(C)CCC=C(C)C. The molecular formula is C11H17N.